The smallest absolute Gasteiger partial charge is 0.180 e. The molecule has 3 rings (SSSR count). The highest BCUT2D eigenvalue weighted by Crippen LogP contribution is 2.26. The number of fused-ring (bicyclic) bond motifs is 1. The highest BCUT2D eigenvalue weighted by atomic mass is 16.5. The number of anilines is 1. The molecule has 0 radical (unpaired) electrons. The number of nitrogens with one attached hydrogen (secondary N) is 1. The van der Waals surface area contributed by atoms with Gasteiger partial charge in [-0.25, -0.2) is 9.97 Å². The summed E-state index contributed by atoms with van der Waals surface area (Å²) in [6.45, 7) is 1.30. The Morgan fingerprint density at radius 2 is 2.14 bits per heavy atom. The van der Waals surface area contributed by atoms with Gasteiger partial charge in [0.15, 0.2) is 11.5 Å². The van der Waals surface area contributed by atoms with Crippen LogP contribution in [0.1, 0.15) is 0 Å². The third kappa shape index (κ3) is 2.73. The van der Waals surface area contributed by atoms with Crippen LogP contribution >= 0.6 is 0 Å². The van der Waals surface area contributed by atoms with E-state index >= 15 is 0 Å². The molecule has 0 aliphatic rings. The monoisotopic (exact) mass is 298 g/mol. The largest absolute Gasteiger partial charge is 0.497 e. The van der Waals surface area contributed by atoms with E-state index in [9.17, 15) is 0 Å². The van der Waals surface area contributed by atoms with Crippen LogP contribution in [0.5, 0.6) is 5.75 Å². The van der Waals surface area contributed by atoms with Crippen LogP contribution in [-0.2, 0) is 4.74 Å². The molecule has 0 amide bonds. The molecule has 114 valence electrons. The van der Waals surface area contributed by atoms with E-state index in [-0.39, 0.29) is 0 Å². The van der Waals surface area contributed by atoms with Crippen molar-refractivity contribution in [3.63, 3.8) is 0 Å². The topological polar surface area (TPSA) is 60.7 Å². The van der Waals surface area contributed by atoms with Crippen LogP contribution in [0, 0.1) is 0 Å². The van der Waals surface area contributed by atoms with Gasteiger partial charge in [-0.2, -0.15) is 0 Å². The molecule has 2 heterocycles. The van der Waals surface area contributed by atoms with E-state index in [0.717, 1.165) is 28.5 Å². The molecule has 0 aliphatic carbocycles. The fourth-order valence-electron chi connectivity index (χ4n) is 2.31. The molecule has 0 aliphatic heterocycles. The van der Waals surface area contributed by atoms with E-state index in [4.69, 9.17) is 9.47 Å². The Morgan fingerprint density at radius 3 is 2.95 bits per heavy atom. The Kier molecular flexibility index (Phi) is 4.20. The number of ether oxygens (including phenoxy) is 2. The van der Waals surface area contributed by atoms with Gasteiger partial charge in [0.25, 0.3) is 0 Å². The Bertz CT molecular complexity index is 770. The second-order valence-electron chi connectivity index (χ2n) is 4.76. The van der Waals surface area contributed by atoms with Crippen LogP contribution in [0.25, 0.3) is 16.9 Å². The van der Waals surface area contributed by atoms with Crippen LogP contribution in [0.3, 0.4) is 0 Å². The van der Waals surface area contributed by atoms with Crippen LogP contribution in [-0.4, -0.2) is 41.7 Å². The molecule has 0 bridgehead atoms. The van der Waals surface area contributed by atoms with Crippen molar-refractivity contribution in [1.29, 1.82) is 0 Å². The van der Waals surface area contributed by atoms with Gasteiger partial charge in [-0.3, -0.25) is 4.40 Å². The molecule has 0 saturated heterocycles. The lowest BCUT2D eigenvalue weighted by atomic mass is 10.1. The molecular weight excluding hydrogens is 280 g/mol. The van der Waals surface area contributed by atoms with E-state index in [0.29, 0.717) is 13.2 Å². The zero-order valence-corrected chi connectivity index (χ0v) is 12.6. The number of benzene rings is 1. The minimum atomic E-state index is 0.617. The van der Waals surface area contributed by atoms with Gasteiger partial charge < -0.3 is 14.8 Å². The molecule has 1 aromatic carbocycles. The van der Waals surface area contributed by atoms with Crippen molar-refractivity contribution in [3.05, 3.63) is 42.9 Å². The van der Waals surface area contributed by atoms with Gasteiger partial charge in [-0.05, 0) is 12.1 Å². The maximum atomic E-state index is 5.29. The van der Waals surface area contributed by atoms with Gasteiger partial charge in [-0.1, -0.05) is 12.1 Å². The first kappa shape index (κ1) is 14.3. The average molecular weight is 298 g/mol. The summed E-state index contributed by atoms with van der Waals surface area (Å²) in [6.07, 6.45) is 5.50. The first-order valence-electron chi connectivity index (χ1n) is 7.03. The predicted octanol–water partition coefficient (Wildman–Crippen LogP) is 2.46. The lowest BCUT2D eigenvalue weighted by Gasteiger charge is -2.08. The molecule has 3 aromatic rings. The molecule has 0 saturated carbocycles. The summed E-state index contributed by atoms with van der Waals surface area (Å²) in [6, 6.07) is 7.91. The van der Waals surface area contributed by atoms with E-state index in [2.05, 4.69) is 15.3 Å². The van der Waals surface area contributed by atoms with Gasteiger partial charge in [0.2, 0.25) is 0 Å². The molecule has 0 spiro atoms. The van der Waals surface area contributed by atoms with Crippen LogP contribution in [0.15, 0.2) is 42.9 Å². The molecule has 6 nitrogen and oxygen atoms in total. The molecule has 0 unspecified atom stereocenters. The first-order chi connectivity index (χ1) is 10.8. The van der Waals surface area contributed by atoms with Gasteiger partial charge in [-0.15, -0.1) is 0 Å². The Hall–Kier alpha value is -2.60. The number of imidazole rings is 1. The maximum absolute atomic E-state index is 5.29. The van der Waals surface area contributed by atoms with Gasteiger partial charge >= 0.3 is 0 Å². The van der Waals surface area contributed by atoms with E-state index in [1.54, 1.807) is 20.4 Å². The highest BCUT2D eigenvalue weighted by molar-refractivity contribution is 5.71. The van der Waals surface area contributed by atoms with Crippen molar-refractivity contribution in [1.82, 2.24) is 14.4 Å². The van der Waals surface area contributed by atoms with Crippen molar-refractivity contribution in [2.75, 3.05) is 32.7 Å². The molecular formula is C16H18N4O2. The lowest BCUT2D eigenvalue weighted by Crippen LogP contribution is -2.10. The summed E-state index contributed by atoms with van der Waals surface area (Å²) in [5, 5.41) is 3.23. The predicted molar refractivity (Wildman–Crippen MR) is 85.3 cm³/mol. The summed E-state index contributed by atoms with van der Waals surface area (Å²) < 4.78 is 12.3. The number of hydrogen-bond donors (Lipinski definition) is 1. The summed E-state index contributed by atoms with van der Waals surface area (Å²) >= 11 is 0. The number of rotatable bonds is 6. The molecule has 0 atom stereocenters. The standard InChI is InChI=1S/C16H18N4O2/c1-21-9-7-18-15-16-19-11-14(20(16)8-6-17-15)12-4-3-5-13(10-12)22-2/h3-6,8,10-11H,7,9H2,1-2H3,(H,17,18). The third-order valence-corrected chi connectivity index (χ3v) is 3.39. The fraction of sp³-hybridized carbons (Fsp3) is 0.250. The van der Waals surface area contributed by atoms with Crippen molar-refractivity contribution in [2.24, 2.45) is 0 Å². The minimum absolute atomic E-state index is 0.617. The quantitative estimate of drug-likeness (QED) is 0.708. The summed E-state index contributed by atoms with van der Waals surface area (Å²) in [7, 11) is 3.33. The maximum Gasteiger partial charge on any atom is 0.180 e. The van der Waals surface area contributed by atoms with E-state index in [1.165, 1.54) is 0 Å². The van der Waals surface area contributed by atoms with Crippen LogP contribution in [0.4, 0.5) is 5.82 Å². The summed E-state index contributed by atoms with van der Waals surface area (Å²) in [4.78, 5) is 8.83. The average Bonchev–Trinajstić information content (AvgIpc) is 3.00. The molecule has 2 aromatic heterocycles. The van der Waals surface area contributed by atoms with E-state index in [1.807, 2.05) is 41.1 Å². The van der Waals surface area contributed by atoms with Gasteiger partial charge in [0.1, 0.15) is 5.75 Å². The Morgan fingerprint density at radius 1 is 1.23 bits per heavy atom. The number of hydrogen-bond acceptors (Lipinski definition) is 5. The van der Waals surface area contributed by atoms with Crippen LogP contribution in [0.2, 0.25) is 0 Å². The van der Waals surface area contributed by atoms with Crippen molar-refractivity contribution < 1.29 is 9.47 Å². The normalized spacial score (nSPS) is 10.8. The third-order valence-electron chi connectivity index (χ3n) is 3.39. The number of methoxy groups -OCH3 is 2. The Labute approximate surface area is 128 Å². The van der Waals surface area contributed by atoms with Crippen molar-refractivity contribution in [2.45, 2.75) is 0 Å². The Balaban J connectivity index is 1.99. The summed E-state index contributed by atoms with van der Waals surface area (Å²) in [5.74, 6) is 1.56. The van der Waals surface area contributed by atoms with Gasteiger partial charge in [0.05, 0.1) is 25.6 Å². The molecule has 1 N–H and O–H groups in total. The molecule has 22 heavy (non-hydrogen) atoms. The van der Waals surface area contributed by atoms with Crippen molar-refractivity contribution >= 4 is 11.5 Å². The fourth-order valence-corrected chi connectivity index (χ4v) is 2.31. The zero-order valence-electron chi connectivity index (χ0n) is 12.6. The lowest BCUT2D eigenvalue weighted by molar-refractivity contribution is 0.210. The SMILES string of the molecule is COCCNc1nccn2c(-c3cccc(OC)c3)cnc12. The minimum Gasteiger partial charge on any atom is -0.497 e. The number of aromatic nitrogens is 3. The zero-order chi connectivity index (χ0) is 15.4. The summed E-state index contributed by atoms with van der Waals surface area (Å²) in [5.41, 5.74) is 2.82. The molecule has 6 heteroatoms. The van der Waals surface area contributed by atoms with Crippen LogP contribution < -0.4 is 10.1 Å². The second kappa shape index (κ2) is 6.44. The molecule has 0 fully saturated rings. The number of nitrogens with zero attached hydrogens (tertiary/aromatic N) is 3. The second-order valence-corrected chi connectivity index (χ2v) is 4.76. The highest BCUT2D eigenvalue weighted by Gasteiger charge is 2.10. The van der Waals surface area contributed by atoms with E-state index < -0.39 is 0 Å². The first-order valence-corrected chi connectivity index (χ1v) is 7.03. The van der Waals surface area contributed by atoms with Gasteiger partial charge in [0, 0.05) is 31.6 Å². The van der Waals surface area contributed by atoms with Crippen molar-refractivity contribution in [3.8, 4) is 17.0 Å².